The minimum Gasteiger partial charge on any atom is -0.434 e. The highest BCUT2D eigenvalue weighted by atomic mass is 19.3. The van der Waals surface area contributed by atoms with E-state index in [9.17, 15) is 13.9 Å². The SMILES string of the molecule is CCC1CCC(CN)(C(O)c2ccccc2OC(F)F)C1. The molecule has 1 aromatic rings. The molecular weight excluding hydrogens is 276 g/mol. The number of rotatable bonds is 6. The second-order valence-electron chi connectivity index (χ2n) is 5.90. The molecule has 1 aliphatic rings. The monoisotopic (exact) mass is 299 g/mol. The lowest BCUT2D eigenvalue weighted by molar-refractivity contribution is -0.0539. The fourth-order valence-corrected chi connectivity index (χ4v) is 3.40. The molecule has 0 heterocycles. The van der Waals surface area contributed by atoms with E-state index in [0.29, 0.717) is 18.0 Å². The molecule has 0 bridgehead atoms. The van der Waals surface area contributed by atoms with Crippen molar-refractivity contribution in [2.24, 2.45) is 17.1 Å². The molecule has 2 rings (SSSR count). The van der Waals surface area contributed by atoms with Crippen LogP contribution in [0.3, 0.4) is 0 Å². The molecule has 1 aromatic carbocycles. The molecule has 0 aliphatic heterocycles. The highest BCUT2D eigenvalue weighted by Gasteiger charge is 2.44. The van der Waals surface area contributed by atoms with Crippen LogP contribution in [0.2, 0.25) is 0 Å². The average Bonchev–Trinajstić information content (AvgIpc) is 2.91. The lowest BCUT2D eigenvalue weighted by Gasteiger charge is -2.34. The molecular formula is C16H23F2NO2. The molecule has 21 heavy (non-hydrogen) atoms. The smallest absolute Gasteiger partial charge is 0.387 e. The number of ether oxygens (including phenoxy) is 1. The Morgan fingerprint density at radius 2 is 2.14 bits per heavy atom. The summed E-state index contributed by atoms with van der Waals surface area (Å²) in [6.07, 6.45) is 2.82. The Bertz CT molecular complexity index is 469. The van der Waals surface area contributed by atoms with Crippen LogP contribution in [-0.4, -0.2) is 18.3 Å². The van der Waals surface area contributed by atoms with Crippen molar-refractivity contribution in [3.05, 3.63) is 29.8 Å². The van der Waals surface area contributed by atoms with Gasteiger partial charge in [-0.25, -0.2) is 0 Å². The van der Waals surface area contributed by atoms with Crippen molar-refractivity contribution < 1.29 is 18.6 Å². The van der Waals surface area contributed by atoms with Crippen molar-refractivity contribution in [3.8, 4) is 5.75 Å². The van der Waals surface area contributed by atoms with Crippen molar-refractivity contribution in [1.82, 2.24) is 0 Å². The van der Waals surface area contributed by atoms with Gasteiger partial charge in [0.1, 0.15) is 5.75 Å². The van der Waals surface area contributed by atoms with Gasteiger partial charge < -0.3 is 15.6 Å². The maximum atomic E-state index is 12.5. The fourth-order valence-electron chi connectivity index (χ4n) is 3.40. The van der Waals surface area contributed by atoms with Crippen molar-refractivity contribution in [3.63, 3.8) is 0 Å². The maximum Gasteiger partial charge on any atom is 0.387 e. The molecule has 1 saturated carbocycles. The zero-order valence-corrected chi connectivity index (χ0v) is 12.3. The lowest BCUT2D eigenvalue weighted by atomic mass is 9.76. The molecule has 3 atom stereocenters. The minimum atomic E-state index is -2.90. The molecule has 0 saturated heterocycles. The number of nitrogens with two attached hydrogens (primary N) is 1. The number of hydrogen-bond donors (Lipinski definition) is 2. The molecule has 118 valence electrons. The molecule has 1 aliphatic carbocycles. The summed E-state index contributed by atoms with van der Waals surface area (Å²) in [7, 11) is 0. The zero-order valence-electron chi connectivity index (χ0n) is 12.3. The molecule has 1 fully saturated rings. The third kappa shape index (κ3) is 3.35. The summed E-state index contributed by atoms with van der Waals surface area (Å²) in [5.74, 6) is 0.569. The first-order valence-corrected chi connectivity index (χ1v) is 7.44. The van der Waals surface area contributed by atoms with Crippen molar-refractivity contribution in [2.75, 3.05) is 6.54 Å². The minimum absolute atomic E-state index is 0.0350. The predicted molar refractivity (Wildman–Crippen MR) is 77.2 cm³/mol. The van der Waals surface area contributed by atoms with Gasteiger partial charge in [-0.2, -0.15) is 8.78 Å². The molecule has 0 amide bonds. The molecule has 0 aromatic heterocycles. The van der Waals surface area contributed by atoms with Crippen LogP contribution in [0.1, 0.15) is 44.3 Å². The standard InChI is InChI=1S/C16H23F2NO2/c1-2-11-7-8-16(9-11,10-19)14(20)12-5-3-4-6-13(12)21-15(17)18/h3-6,11,14-15,20H,2,7-10,19H2,1H3. The van der Waals surface area contributed by atoms with E-state index in [2.05, 4.69) is 11.7 Å². The number of benzene rings is 1. The molecule has 5 heteroatoms. The highest BCUT2D eigenvalue weighted by Crippen LogP contribution is 2.51. The van der Waals surface area contributed by atoms with E-state index < -0.39 is 18.1 Å². The second-order valence-corrected chi connectivity index (χ2v) is 5.90. The van der Waals surface area contributed by atoms with Crippen molar-refractivity contribution in [1.29, 1.82) is 0 Å². The summed E-state index contributed by atoms with van der Waals surface area (Å²) in [4.78, 5) is 0. The van der Waals surface area contributed by atoms with Gasteiger partial charge in [-0.3, -0.25) is 0 Å². The van der Waals surface area contributed by atoms with Gasteiger partial charge in [-0.1, -0.05) is 31.5 Å². The highest BCUT2D eigenvalue weighted by molar-refractivity contribution is 5.36. The predicted octanol–water partition coefficient (Wildman–Crippen LogP) is 3.48. The molecule has 3 unspecified atom stereocenters. The average molecular weight is 299 g/mol. The van der Waals surface area contributed by atoms with Gasteiger partial charge in [0.25, 0.3) is 0 Å². The Morgan fingerprint density at radius 3 is 2.71 bits per heavy atom. The van der Waals surface area contributed by atoms with E-state index in [1.807, 2.05) is 0 Å². The Balaban J connectivity index is 2.28. The summed E-state index contributed by atoms with van der Waals surface area (Å²) < 4.78 is 29.5. The number of aliphatic hydroxyl groups excluding tert-OH is 1. The topological polar surface area (TPSA) is 55.5 Å². The molecule has 3 N–H and O–H groups in total. The first-order valence-electron chi connectivity index (χ1n) is 7.44. The van der Waals surface area contributed by atoms with Gasteiger partial charge in [0, 0.05) is 17.5 Å². The quantitative estimate of drug-likeness (QED) is 0.845. The number of hydrogen-bond acceptors (Lipinski definition) is 3. The molecule has 3 nitrogen and oxygen atoms in total. The van der Waals surface area contributed by atoms with Crippen LogP contribution in [0.25, 0.3) is 0 Å². The van der Waals surface area contributed by atoms with Gasteiger partial charge >= 0.3 is 6.61 Å². The lowest BCUT2D eigenvalue weighted by Crippen LogP contribution is -2.35. The third-order valence-corrected chi connectivity index (χ3v) is 4.74. The van der Waals surface area contributed by atoms with Crippen LogP contribution >= 0.6 is 0 Å². The van der Waals surface area contributed by atoms with E-state index in [1.54, 1.807) is 18.2 Å². The first-order chi connectivity index (χ1) is 10.0. The Morgan fingerprint density at radius 1 is 1.43 bits per heavy atom. The van der Waals surface area contributed by atoms with Crippen LogP contribution in [0, 0.1) is 11.3 Å². The van der Waals surface area contributed by atoms with E-state index in [-0.39, 0.29) is 5.75 Å². The van der Waals surface area contributed by atoms with E-state index >= 15 is 0 Å². The fraction of sp³-hybridized carbons (Fsp3) is 0.625. The summed E-state index contributed by atoms with van der Waals surface area (Å²) in [5.41, 5.74) is 5.89. The number of alkyl halides is 2. The van der Waals surface area contributed by atoms with Gasteiger partial charge in [0.15, 0.2) is 0 Å². The summed E-state index contributed by atoms with van der Waals surface area (Å²) in [5, 5.41) is 10.8. The van der Waals surface area contributed by atoms with Crippen molar-refractivity contribution in [2.45, 2.75) is 45.3 Å². The van der Waals surface area contributed by atoms with Crippen LogP contribution in [0.15, 0.2) is 24.3 Å². The third-order valence-electron chi connectivity index (χ3n) is 4.74. The van der Waals surface area contributed by atoms with Gasteiger partial charge in [-0.05, 0) is 31.2 Å². The Labute approximate surface area is 124 Å². The van der Waals surface area contributed by atoms with E-state index in [4.69, 9.17) is 5.73 Å². The van der Waals surface area contributed by atoms with E-state index in [1.165, 1.54) is 6.07 Å². The first kappa shape index (κ1) is 16.2. The maximum absolute atomic E-state index is 12.5. The summed E-state index contributed by atoms with van der Waals surface area (Å²) in [6.45, 7) is -0.440. The van der Waals surface area contributed by atoms with E-state index in [0.717, 1.165) is 25.7 Å². The zero-order chi connectivity index (χ0) is 15.5. The molecule has 0 spiro atoms. The largest absolute Gasteiger partial charge is 0.434 e. The summed E-state index contributed by atoms with van der Waals surface area (Å²) >= 11 is 0. The number of halogens is 2. The second kappa shape index (κ2) is 6.71. The number of aliphatic hydroxyl groups is 1. The van der Waals surface area contributed by atoms with Crippen molar-refractivity contribution >= 4 is 0 Å². The Kier molecular flexibility index (Phi) is 5.17. The van der Waals surface area contributed by atoms with Crippen LogP contribution < -0.4 is 10.5 Å². The normalized spacial score (nSPS) is 27.0. The Hall–Kier alpha value is -1.20. The molecule has 0 radical (unpaired) electrons. The van der Waals surface area contributed by atoms with Gasteiger partial charge in [0.05, 0.1) is 6.10 Å². The summed E-state index contributed by atoms with van der Waals surface area (Å²) in [6, 6.07) is 6.43. The number of para-hydroxylation sites is 1. The van der Waals surface area contributed by atoms with Crippen LogP contribution in [0.5, 0.6) is 5.75 Å². The van der Waals surface area contributed by atoms with Gasteiger partial charge in [0.2, 0.25) is 0 Å². The van der Waals surface area contributed by atoms with Crippen LogP contribution in [-0.2, 0) is 0 Å². The van der Waals surface area contributed by atoms with Crippen LogP contribution in [0.4, 0.5) is 8.78 Å². The van der Waals surface area contributed by atoms with Gasteiger partial charge in [-0.15, -0.1) is 0 Å².